The van der Waals surface area contributed by atoms with E-state index in [0.29, 0.717) is 18.1 Å². The van der Waals surface area contributed by atoms with Crippen molar-refractivity contribution in [3.63, 3.8) is 0 Å². The maximum atomic E-state index is 12.2. The van der Waals surface area contributed by atoms with Crippen molar-refractivity contribution in [3.8, 4) is 5.75 Å². The molecular weight excluding hydrogens is 256 g/mol. The van der Waals surface area contributed by atoms with Crippen molar-refractivity contribution in [1.29, 1.82) is 0 Å². The summed E-state index contributed by atoms with van der Waals surface area (Å²) in [5.41, 5.74) is 2.98. The molecule has 1 aromatic carbocycles. The van der Waals surface area contributed by atoms with E-state index >= 15 is 0 Å². The number of ether oxygens (including phenoxy) is 2. The molecule has 0 saturated carbocycles. The highest BCUT2D eigenvalue weighted by Crippen LogP contribution is 2.32. The van der Waals surface area contributed by atoms with Gasteiger partial charge >= 0.3 is 5.97 Å². The van der Waals surface area contributed by atoms with Crippen LogP contribution in [0.1, 0.15) is 37.8 Å². The zero-order valence-electron chi connectivity index (χ0n) is 12.1. The van der Waals surface area contributed by atoms with Gasteiger partial charge in [-0.2, -0.15) is 10.2 Å². The SMILES string of the molecule is CCOC(=O)C1C(C)=NN=C(C)c2c(OC)cccc21. The van der Waals surface area contributed by atoms with E-state index in [-0.39, 0.29) is 5.97 Å². The fraction of sp³-hybridized carbons (Fsp3) is 0.400. The standard InChI is InChI=1S/C15H18N2O3/c1-5-20-15(18)14-10(3)17-16-9(2)13-11(14)7-6-8-12(13)19-4/h6-8,14H,5H2,1-4H3. The topological polar surface area (TPSA) is 60.2 Å². The van der Waals surface area contributed by atoms with Crippen LogP contribution in [-0.2, 0) is 9.53 Å². The molecule has 1 aromatic rings. The molecule has 1 aliphatic heterocycles. The molecule has 106 valence electrons. The normalized spacial score (nSPS) is 17.5. The monoisotopic (exact) mass is 274 g/mol. The van der Waals surface area contributed by atoms with Gasteiger partial charge in [-0.3, -0.25) is 4.79 Å². The molecule has 0 radical (unpaired) electrons. The predicted octanol–water partition coefficient (Wildman–Crippen LogP) is 2.54. The van der Waals surface area contributed by atoms with E-state index < -0.39 is 5.92 Å². The Labute approximate surface area is 118 Å². The summed E-state index contributed by atoms with van der Waals surface area (Å²) in [4.78, 5) is 12.2. The van der Waals surface area contributed by atoms with E-state index in [2.05, 4.69) is 10.2 Å². The predicted molar refractivity (Wildman–Crippen MR) is 77.7 cm³/mol. The molecule has 0 amide bonds. The Morgan fingerprint density at radius 1 is 1.30 bits per heavy atom. The Hall–Kier alpha value is -2.17. The molecule has 0 spiro atoms. The van der Waals surface area contributed by atoms with Crippen molar-refractivity contribution in [2.75, 3.05) is 13.7 Å². The number of nitrogens with zero attached hydrogens (tertiary/aromatic N) is 2. The molecule has 0 bridgehead atoms. The van der Waals surface area contributed by atoms with Crippen LogP contribution in [0.25, 0.3) is 0 Å². The van der Waals surface area contributed by atoms with Crippen LogP contribution in [0.2, 0.25) is 0 Å². The van der Waals surface area contributed by atoms with Gasteiger partial charge < -0.3 is 9.47 Å². The summed E-state index contributed by atoms with van der Waals surface area (Å²) >= 11 is 0. The van der Waals surface area contributed by atoms with Crippen molar-refractivity contribution < 1.29 is 14.3 Å². The molecular formula is C15H18N2O3. The first kappa shape index (κ1) is 14.2. The number of carbonyl (C=O) groups is 1. The van der Waals surface area contributed by atoms with Gasteiger partial charge in [-0.25, -0.2) is 0 Å². The summed E-state index contributed by atoms with van der Waals surface area (Å²) in [6.07, 6.45) is 0. The molecule has 0 fully saturated rings. The first-order valence-corrected chi connectivity index (χ1v) is 6.52. The highest BCUT2D eigenvalue weighted by atomic mass is 16.5. The molecule has 0 aromatic heterocycles. The van der Waals surface area contributed by atoms with Crippen molar-refractivity contribution in [3.05, 3.63) is 29.3 Å². The number of fused-ring (bicyclic) bond motifs is 1. The zero-order chi connectivity index (χ0) is 14.7. The van der Waals surface area contributed by atoms with Crippen molar-refractivity contribution >= 4 is 17.4 Å². The lowest BCUT2D eigenvalue weighted by Crippen LogP contribution is -2.23. The Morgan fingerprint density at radius 2 is 2.05 bits per heavy atom. The van der Waals surface area contributed by atoms with Gasteiger partial charge in [0.25, 0.3) is 0 Å². The third-order valence-corrected chi connectivity index (χ3v) is 3.25. The fourth-order valence-electron chi connectivity index (χ4n) is 2.36. The van der Waals surface area contributed by atoms with Crippen LogP contribution in [0.15, 0.2) is 28.4 Å². The lowest BCUT2D eigenvalue weighted by atomic mass is 9.89. The first-order chi connectivity index (χ1) is 9.60. The minimum absolute atomic E-state index is 0.312. The molecule has 1 aliphatic rings. The van der Waals surface area contributed by atoms with E-state index in [1.165, 1.54) is 0 Å². The smallest absolute Gasteiger partial charge is 0.319 e. The van der Waals surface area contributed by atoms with Crippen LogP contribution in [0.4, 0.5) is 0 Å². The average molecular weight is 274 g/mol. The number of esters is 1. The summed E-state index contributed by atoms with van der Waals surface area (Å²) in [6.45, 7) is 5.76. The molecule has 0 aliphatic carbocycles. The Kier molecular flexibility index (Phi) is 4.17. The zero-order valence-corrected chi connectivity index (χ0v) is 12.1. The highest BCUT2D eigenvalue weighted by molar-refractivity contribution is 6.12. The van der Waals surface area contributed by atoms with Gasteiger partial charge in [-0.05, 0) is 32.4 Å². The minimum Gasteiger partial charge on any atom is -0.496 e. The lowest BCUT2D eigenvalue weighted by Gasteiger charge is -2.18. The minimum atomic E-state index is -0.541. The van der Waals surface area contributed by atoms with Crippen molar-refractivity contribution in [2.45, 2.75) is 26.7 Å². The summed E-state index contributed by atoms with van der Waals surface area (Å²) in [6, 6.07) is 5.60. The summed E-state index contributed by atoms with van der Waals surface area (Å²) < 4.78 is 10.5. The third-order valence-electron chi connectivity index (χ3n) is 3.25. The largest absolute Gasteiger partial charge is 0.496 e. The Balaban J connectivity index is 2.62. The van der Waals surface area contributed by atoms with Gasteiger partial charge in [0.05, 0.1) is 25.1 Å². The Morgan fingerprint density at radius 3 is 2.70 bits per heavy atom. The van der Waals surface area contributed by atoms with E-state index in [1.54, 1.807) is 21.0 Å². The maximum Gasteiger partial charge on any atom is 0.319 e. The number of hydrogen-bond donors (Lipinski definition) is 0. The fourth-order valence-corrected chi connectivity index (χ4v) is 2.36. The number of rotatable bonds is 3. The van der Waals surface area contributed by atoms with E-state index in [1.807, 2.05) is 25.1 Å². The summed E-state index contributed by atoms with van der Waals surface area (Å²) in [7, 11) is 1.60. The number of carbonyl (C=O) groups excluding carboxylic acids is 1. The van der Waals surface area contributed by atoms with Gasteiger partial charge in [0.2, 0.25) is 0 Å². The van der Waals surface area contributed by atoms with Crippen LogP contribution in [0.3, 0.4) is 0 Å². The van der Waals surface area contributed by atoms with E-state index in [4.69, 9.17) is 9.47 Å². The van der Waals surface area contributed by atoms with E-state index in [9.17, 15) is 4.79 Å². The van der Waals surface area contributed by atoms with Crippen LogP contribution in [0, 0.1) is 0 Å². The van der Waals surface area contributed by atoms with Gasteiger partial charge in [0.15, 0.2) is 0 Å². The number of methoxy groups -OCH3 is 1. The van der Waals surface area contributed by atoms with Crippen LogP contribution >= 0.6 is 0 Å². The first-order valence-electron chi connectivity index (χ1n) is 6.52. The van der Waals surface area contributed by atoms with Crippen molar-refractivity contribution in [1.82, 2.24) is 0 Å². The molecule has 20 heavy (non-hydrogen) atoms. The average Bonchev–Trinajstić information content (AvgIpc) is 2.56. The molecule has 0 saturated heterocycles. The molecule has 5 heteroatoms. The second-order valence-electron chi connectivity index (χ2n) is 4.54. The summed E-state index contributed by atoms with van der Waals surface area (Å²) in [5, 5.41) is 8.29. The van der Waals surface area contributed by atoms with Gasteiger partial charge in [-0.1, -0.05) is 12.1 Å². The van der Waals surface area contributed by atoms with Gasteiger partial charge in [-0.15, -0.1) is 0 Å². The second-order valence-corrected chi connectivity index (χ2v) is 4.54. The molecule has 1 heterocycles. The lowest BCUT2D eigenvalue weighted by molar-refractivity contribution is -0.143. The molecule has 0 N–H and O–H groups in total. The highest BCUT2D eigenvalue weighted by Gasteiger charge is 2.31. The van der Waals surface area contributed by atoms with Crippen molar-refractivity contribution in [2.24, 2.45) is 10.2 Å². The van der Waals surface area contributed by atoms with Crippen LogP contribution in [-0.4, -0.2) is 31.1 Å². The Bertz CT molecular complexity index is 591. The number of hydrogen-bond acceptors (Lipinski definition) is 5. The van der Waals surface area contributed by atoms with Crippen LogP contribution < -0.4 is 4.74 Å². The van der Waals surface area contributed by atoms with Gasteiger partial charge in [0.1, 0.15) is 11.7 Å². The maximum absolute atomic E-state index is 12.2. The summed E-state index contributed by atoms with van der Waals surface area (Å²) in [5.74, 6) is -0.169. The van der Waals surface area contributed by atoms with E-state index in [0.717, 1.165) is 16.8 Å². The second kappa shape index (κ2) is 5.86. The van der Waals surface area contributed by atoms with Gasteiger partial charge in [0, 0.05) is 5.56 Å². The number of benzene rings is 1. The molecule has 1 atom stereocenters. The quantitative estimate of drug-likeness (QED) is 0.796. The molecule has 5 nitrogen and oxygen atoms in total. The van der Waals surface area contributed by atoms with Crippen LogP contribution in [0.5, 0.6) is 5.75 Å². The third kappa shape index (κ3) is 2.43. The molecule has 2 rings (SSSR count). The molecule has 1 unspecified atom stereocenters.